The molecule has 0 spiro atoms. The Hall–Kier alpha value is -4.50. The van der Waals surface area contributed by atoms with Crippen LogP contribution in [0.1, 0.15) is 12.8 Å². The van der Waals surface area contributed by atoms with Crippen molar-refractivity contribution < 1.29 is 29.4 Å². The first-order valence-corrected chi connectivity index (χ1v) is 12.6. The lowest BCUT2D eigenvalue weighted by Gasteiger charge is -2.23. The van der Waals surface area contributed by atoms with Crippen LogP contribution in [-0.4, -0.2) is 82.2 Å². The van der Waals surface area contributed by atoms with Gasteiger partial charge in [0.1, 0.15) is 23.7 Å². The fraction of sp³-hybridized carbons (Fsp3) is 0.308. The van der Waals surface area contributed by atoms with E-state index in [4.69, 9.17) is 11.5 Å². The van der Waals surface area contributed by atoms with Gasteiger partial charge in [0.15, 0.2) is 0 Å². The number of nitrogens with two attached hydrogens (primary N) is 2. The Morgan fingerprint density at radius 2 is 1.07 bits per heavy atom. The van der Waals surface area contributed by atoms with Crippen molar-refractivity contribution in [2.45, 2.75) is 24.9 Å². The van der Waals surface area contributed by atoms with Gasteiger partial charge in [-0.1, -0.05) is 0 Å². The highest BCUT2D eigenvalue weighted by atomic mass is 16.3. The molecule has 2 atom stereocenters. The molecule has 0 saturated carbocycles. The number of aromatic nitrogens is 2. The monoisotopic (exact) mass is 554 g/mol. The van der Waals surface area contributed by atoms with Gasteiger partial charge in [0.2, 0.25) is 23.6 Å². The number of aliphatic hydroxyl groups is 2. The quantitative estimate of drug-likeness (QED) is 0.132. The van der Waals surface area contributed by atoms with Crippen molar-refractivity contribution in [2.24, 2.45) is 11.5 Å². The van der Waals surface area contributed by atoms with Crippen LogP contribution in [0.25, 0.3) is 0 Å². The first kappa shape index (κ1) is 30.0. The summed E-state index contributed by atoms with van der Waals surface area (Å²) in [7, 11) is 0. The van der Waals surface area contributed by atoms with Crippen molar-refractivity contribution in [2.75, 3.05) is 46.7 Å². The van der Waals surface area contributed by atoms with Crippen LogP contribution in [0.15, 0.2) is 60.9 Å². The number of hydrogen-bond acceptors (Lipinski definition) is 8. The van der Waals surface area contributed by atoms with Crippen LogP contribution in [0, 0.1) is 0 Å². The zero-order valence-electron chi connectivity index (χ0n) is 21.7. The number of carbonyl (C=O) groups excluding carboxylic acids is 4. The van der Waals surface area contributed by atoms with E-state index in [1.165, 1.54) is 9.80 Å². The van der Waals surface area contributed by atoms with Crippen LogP contribution >= 0.6 is 0 Å². The summed E-state index contributed by atoms with van der Waals surface area (Å²) in [4.78, 5) is 58.4. The van der Waals surface area contributed by atoms with Crippen LogP contribution in [-0.2, 0) is 19.2 Å². The van der Waals surface area contributed by atoms with E-state index in [-0.39, 0.29) is 37.7 Å². The number of anilines is 4. The highest BCUT2D eigenvalue weighted by Crippen LogP contribution is 2.17. The Balaban J connectivity index is 1.51. The van der Waals surface area contributed by atoms with Gasteiger partial charge in [0.25, 0.3) is 0 Å². The number of aliphatic hydroxyl groups excluding tert-OH is 2. The minimum atomic E-state index is -1.11. The maximum Gasteiger partial charge on any atom is 0.247 e. The number of aromatic amines is 2. The zero-order valence-corrected chi connectivity index (χ0v) is 21.7. The molecule has 10 N–H and O–H groups in total. The van der Waals surface area contributed by atoms with E-state index < -0.39 is 37.1 Å². The first-order valence-electron chi connectivity index (χ1n) is 12.6. The second kappa shape index (κ2) is 14.6. The number of H-pyrrole nitrogens is 2. The van der Waals surface area contributed by atoms with Crippen LogP contribution in [0.2, 0.25) is 0 Å². The Bertz CT molecular complexity index is 1150. The molecular formula is C26H34N8O6. The molecule has 2 heterocycles. The molecule has 3 aromatic rings. The highest BCUT2D eigenvalue weighted by molar-refractivity contribution is 5.99. The molecule has 0 fully saturated rings. The van der Waals surface area contributed by atoms with Crippen LogP contribution in [0.4, 0.5) is 23.0 Å². The Labute approximate surface area is 230 Å². The normalized spacial score (nSPS) is 12.3. The van der Waals surface area contributed by atoms with Gasteiger partial charge in [-0.15, -0.1) is 0 Å². The molecule has 3 rings (SSSR count). The van der Waals surface area contributed by atoms with E-state index in [1.807, 2.05) is 0 Å². The number of rotatable bonds is 14. The van der Waals surface area contributed by atoms with Crippen molar-refractivity contribution in [1.82, 2.24) is 9.97 Å². The molecule has 0 saturated heterocycles. The summed E-state index contributed by atoms with van der Waals surface area (Å²) in [5.41, 5.74) is 12.3. The third kappa shape index (κ3) is 8.25. The molecular weight excluding hydrogens is 520 g/mol. The fourth-order valence-corrected chi connectivity index (χ4v) is 3.74. The van der Waals surface area contributed by atoms with Gasteiger partial charge in [-0.05, 0) is 48.5 Å². The van der Waals surface area contributed by atoms with Crippen molar-refractivity contribution in [3.8, 4) is 0 Å². The molecule has 0 aliphatic carbocycles. The van der Waals surface area contributed by atoms with Crippen LogP contribution in [0.5, 0.6) is 0 Å². The molecule has 0 aliphatic heterocycles. The van der Waals surface area contributed by atoms with E-state index in [0.717, 1.165) is 0 Å². The van der Waals surface area contributed by atoms with Gasteiger partial charge in [-0.25, -0.2) is 0 Å². The number of nitrogens with zero attached hydrogens (tertiary/aromatic N) is 2. The standard InChI is InChI=1S/C26H34N8O6/c27-19(15-35)25(39)33(21-3-1-11-29-21)13-9-23(37)31-17-5-7-18(8-6-17)32-24(38)10-14-34(22-4-2-12-30-22)26(40)20(28)16-36/h1-8,11-12,19-20,29-30,35-36H,9-10,13-16,27-28H2,(H,31,37)(H,32,38)/t19-,20-/m0/s1. The number of nitrogens with one attached hydrogen (secondary N) is 4. The Morgan fingerprint density at radius 1 is 0.700 bits per heavy atom. The van der Waals surface area contributed by atoms with Crippen LogP contribution in [0.3, 0.4) is 0 Å². The van der Waals surface area contributed by atoms with E-state index in [2.05, 4.69) is 20.6 Å². The summed E-state index contributed by atoms with van der Waals surface area (Å²) in [6, 6.07) is 10.9. The molecule has 40 heavy (non-hydrogen) atoms. The molecule has 0 radical (unpaired) electrons. The van der Waals surface area contributed by atoms with E-state index in [1.54, 1.807) is 60.9 Å². The number of carbonyl (C=O) groups is 4. The summed E-state index contributed by atoms with van der Waals surface area (Å²) in [6.45, 7) is -0.964. The van der Waals surface area contributed by atoms with Gasteiger partial charge in [0.05, 0.1) is 13.2 Å². The Kier molecular flexibility index (Phi) is 11.0. The van der Waals surface area contributed by atoms with Gasteiger partial charge < -0.3 is 42.3 Å². The first-order chi connectivity index (χ1) is 19.2. The SMILES string of the molecule is N[C@@H](CO)C(=O)N(CCC(=O)Nc1ccc(NC(=O)CCN(C(=O)[C@@H](N)CO)c2ccc[nH]2)cc1)c1ccc[nH]1. The van der Waals surface area contributed by atoms with Crippen molar-refractivity contribution >= 4 is 46.6 Å². The molecule has 1 aromatic carbocycles. The lowest BCUT2D eigenvalue weighted by molar-refractivity contribution is -0.122. The second-order valence-electron chi connectivity index (χ2n) is 8.84. The average molecular weight is 555 g/mol. The lowest BCUT2D eigenvalue weighted by atomic mass is 10.2. The van der Waals surface area contributed by atoms with Gasteiger partial charge in [0, 0.05) is 49.7 Å². The summed E-state index contributed by atoms with van der Waals surface area (Å²) < 4.78 is 0. The van der Waals surface area contributed by atoms with E-state index in [9.17, 15) is 29.4 Å². The minimum Gasteiger partial charge on any atom is -0.394 e. The summed E-state index contributed by atoms with van der Waals surface area (Å²) in [5.74, 6) is -0.830. The van der Waals surface area contributed by atoms with Gasteiger partial charge >= 0.3 is 0 Å². The molecule has 2 aromatic heterocycles. The van der Waals surface area contributed by atoms with E-state index >= 15 is 0 Å². The minimum absolute atomic E-state index is 0.0304. The number of hydrogen-bond donors (Lipinski definition) is 8. The van der Waals surface area contributed by atoms with Crippen molar-refractivity contribution in [3.05, 3.63) is 60.9 Å². The maximum atomic E-state index is 12.5. The number of benzene rings is 1. The van der Waals surface area contributed by atoms with E-state index in [0.29, 0.717) is 23.0 Å². The van der Waals surface area contributed by atoms with Gasteiger partial charge in [-0.3, -0.25) is 29.0 Å². The fourth-order valence-electron chi connectivity index (χ4n) is 3.74. The van der Waals surface area contributed by atoms with Crippen molar-refractivity contribution in [1.29, 1.82) is 0 Å². The van der Waals surface area contributed by atoms with Crippen molar-refractivity contribution in [3.63, 3.8) is 0 Å². The molecule has 4 amide bonds. The predicted octanol–water partition coefficient (Wildman–Crippen LogP) is -0.294. The van der Waals surface area contributed by atoms with Gasteiger partial charge in [-0.2, -0.15) is 0 Å². The lowest BCUT2D eigenvalue weighted by Crippen LogP contribution is -2.47. The average Bonchev–Trinajstić information content (AvgIpc) is 3.68. The molecule has 0 aliphatic rings. The third-order valence-corrected chi connectivity index (χ3v) is 5.88. The topological polar surface area (TPSA) is 223 Å². The Morgan fingerprint density at radius 3 is 1.38 bits per heavy atom. The third-order valence-electron chi connectivity index (χ3n) is 5.88. The second-order valence-corrected chi connectivity index (χ2v) is 8.84. The predicted molar refractivity (Wildman–Crippen MR) is 149 cm³/mol. The molecule has 14 nitrogen and oxygen atoms in total. The molecule has 214 valence electrons. The largest absolute Gasteiger partial charge is 0.394 e. The smallest absolute Gasteiger partial charge is 0.247 e. The molecule has 14 heteroatoms. The maximum absolute atomic E-state index is 12.5. The molecule has 0 bridgehead atoms. The van der Waals surface area contributed by atoms with Crippen LogP contribution < -0.4 is 31.9 Å². The summed E-state index contributed by atoms with van der Waals surface area (Å²) in [6.07, 6.45) is 3.20. The highest BCUT2D eigenvalue weighted by Gasteiger charge is 2.24. The number of amides is 4. The summed E-state index contributed by atoms with van der Waals surface area (Å²) in [5, 5.41) is 23.9. The molecule has 0 unspecified atom stereocenters. The summed E-state index contributed by atoms with van der Waals surface area (Å²) >= 11 is 0. The zero-order chi connectivity index (χ0) is 29.1.